The molecule has 0 aliphatic carbocycles. The molecule has 7 heteroatoms. The molecule has 0 aromatic rings. The third-order valence-corrected chi connectivity index (χ3v) is 1.97. The second-order valence-electron chi connectivity index (χ2n) is 4.06. The van der Waals surface area contributed by atoms with E-state index in [9.17, 15) is 19.2 Å². The van der Waals surface area contributed by atoms with Crippen LogP contribution in [0, 0.1) is 0 Å². The van der Waals surface area contributed by atoms with Crippen molar-refractivity contribution < 1.29 is 24.0 Å². The van der Waals surface area contributed by atoms with Crippen molar-refractivity contribution in [2.45, 2.75) is 32.7 Å². The zero-order valence-corrected chi connectivity index (χ0v) is 11.5. The second-order valence-corrected chi connectivity index (χ2v) is 4.06. The molecule has 0 radical (unpaired) electrons. The van der Waals surface area contributed by atoms with Gasteiger partial charge in [-0.25, -0.2) is 4.79 Å². The van der Waals surface area contributed by atoms with Crippen molar-refractivity contribution in [3.63, 3.8) is 0 Å². The number of carbonyl (C=O) groups excluding carboxylic acids is 4. The van der Waals surface area contributed by atoms with E-state index in [2.05, 4.69) is 23.3 Å². The van der Waals surface area contributed by atoms with Crippen molar-refractivity contribution in [1.82, 2.24) is 10.4 Å². The van der Waals surface area contributed by atoms with E-state index in [4.69, 9.17) is 0 Å². The molecule has 1 aliphatic rings. The van der Waals surface area contributed by atoms with E-state index >= 15 is 0 Å². The van der Waals surface area contributed by atoms with Crippen LogP contribution in [0.5, 0.6) is 0 Å². The maximum atomic E-state index is 10.8. The Hall–Kier alpha value is -2.44. The first-order chi connectivity index (χ1) is 9.31. The molecular weight excluding hydrogens is 264 g/mol. The van der Waals surface area contributed by atoms with E-state index in [1.165, 1.54) is 6.08 Å². The summed E-state index contributed by atoms with van der Waals surface area (Å²) in [5.74, 6) is -1.90. The van der Waals surface area contributed by atoms with Gasteiger partial charge in [0, 0.05) is 25.0 Å². The van der Waals surface area contributed by atoms with E-state index in [0.717, 1.165) is 6.08 Å². The fraction of sp³-hybridized carbons (Fsp3) is 0.385. The number of imide groups is 1. The van der Waals surface area contributed by atoms with Gasteiger partial charge in [0.15, 0.2) is 0 Å². The van der Waals surface area contributed by atoms with Gasteiger partial charge in [-0.15, -0.1) is 5.06 Å². The van der Waals surface area contributed by atoms with Crippen molar-refractivity contribution >= 4 is 23.7 Å². The lowest BCUT2D eigenvalue weighted by Crippen LogP contribution is -2.31. The number of carbonyl (C=O) groups is 4. The van der Waals surface area contributed by atoms with E-state index in [-0.39, 0.29) is 24.8 Å². The van der Waals surface area contributed by atoms with Gasteiger partial charge in [0.1, 0.15) is 0 Å². The summed E-state index contributed by atoms with van der Waals surface area (Å²) in [6.45, 7) is 10.2. The zero-order chi connectivity index (χ0) is 15.7. The van der Waals surface area contributed by atoms with Gasteiger partial charge in [0.2, 0.25) is 5.91 Å². The molecule has 110 valence electrons. The Labute approximate surface area is 117 Å². The predicted molar refractivity (Wildman–Crippen MR) is 70.9 cm³/mol. The Balaban J connectivity index is 0.000000396. The third-order valence-electron chi connectivity index (χ3n) is 1.97. The van der Waals surface area contributed by atoms with Crippen LogP contribution in [0.4, 0.5) is 0 Å². The van der Waals surface area contributed by atoms with Gasteiger partial charge in [-0.05, 0) is 19.9 Å². The molecule has 1 rings (SSSR count). The molecule has 0 aromatic heterocycles. The monoisotopic (exact) mass is 282 g/mol. The largest absolute Gasteiger partial charge is 0.356 e. The first-order valence-electron chi connectivity index (χ1n) is 5.94. The van der Waals surface area contributed by atoms with Gasteiger partial charge in [-0.3, -0.25) is 14.4 Å². The highest BCUT2D eigenvalue weighted by Crippen LogP contribution is 2.11. The first kappa shape index (κ1) is 17.6. The topological polar surface area (TPSA) is 92.8 Å². The summed E-state index contributed by atoms with van der Waals surface area (Å²) in [6.07, 6.45) is 2.35. The first-order valence-corrected chi connectivity index (χ1v) is 5.94. The highest BCUT2D eigenvalue weighted by Gasteiger charge is 2.32. The Bertz CT molecular complexity index is 412. The summed E-state index contributed by atoms with van der Waals surface area (Å²) in [7, 11) is 0. The molecule has 0 spiro atoms. The van der Waals surface area contributed by atoms with Crippen LogP contribution < -0.4 is 5.32 Å². The lowest BCUT2D eigenvalue weighted by atomic mass is 10.4. The minimum absolute atomic E-state index is 0.100. The average Bonchev–Trinajstić information content (AvgIpc) is 2.70. The van der Waals surface area contributed by atoms with Gasteiger partial charge >= 0.3 is 5.97 Å². The molecule has 1 aliphatic heterocycles. The van der Waals surface area contributed by atoms with E-state index in [1.807, 2.05) is 13.8 Å². The summed E-state index contributed by atoms with van der Waals surface area (Å²) >= 11 is 0. The number of rotatable bonds is 4. The van der Waals surface area contributed by atoms with Crippen molar-refractivity contribution in [3.05, 3.63) is 25.3 Å². The van der Waals surface area contributed by atoms with Crippen LogP contribution in [0.15, 0.2) is 25.3 Å². The van der Waals surface area contributed by atoms with Gasteiger partial charge in [-0.1, -0.05) is 13.2 Å². The number of hydroxylamine groups is 2. The molecule has 20 heavy (non-hydrogen) atoms. The molecule has 0 aromatic carbocycles. The number of amides is 3. The number of hydrogen-bond acceptors (Lipinski definition) is 5. The highest BCUT2D eigenvalue weighted by molar-refractivity contribution is 6.02. The molecule has 1 N–H and O–H groups in total. The van der Waals surface area contributed by atoms with Crippen LogP contribution in [0.2, 0.25) is 0 Å². The van der Waals surface area contributed by atoms with E-state index in [0.29, 0.717) is 5.06 Å². The van der Waals surface area contributed by atoms with Crippen LogP contribution in [0.25, 0.3) is 0 Å². The summed E-state index contributed by atoms with van der Waals surface area (Å²) in [5.41, 5.74) is 0. The Kier molecular flexibility index (Phi) is 7.57. The van der Waals surface area contributed by atoms with Crippen LogP contribution in [-0.4, -0.2) is 34.8 Å². The second kappa shape index (κ2) is 8.63. The normalized spacial score (nSPS) is 13.4. The fourth-order valence-corrected chi connectivity index (χ4v) is 1.13. The smallest absolute Gasteiger partial charge is 0.350 e. The van der Waals surface area contributed by atoms with Crippen molar-refractivity contribution in [1.29, 1.82) is 0 Å². The Morgan fingerprint density at radius 1 is 1.20 bits per heavy atom. The minimum Gasteiger partial charge on any atom is -0.350 e. The average molecular weight is 282 g/mol. The zero-order valence-electron chi connectivity index (χ0n) is 11.5. The van der Waals surface area contributed by atoms with Crippen LogP contribution in [0.3, 0.4) is 0 Å². The number of hydrogen-bond donors (Lipinski definition) is 1. The fourth-order valence-electron chi connectivity index (χ4n) is 1.13. The molecule has 0 saturated carbocycles. The van der Waals surface area contributed by atoms with Gasteiger partial charge in [0.25, 0.3) is 11.8 Å². The van der Waals surface area contributed by atoms with Gasteiger partial charge < -0.3 is 10.2 Å². The Morgan fingerprint density at radius 2 is 1.70 bits per heavy atom. The van der Waals surface area contributed by atoms with Crippen molar-refractivity contribution in [2.75, 3.05) is 0 Å². The summed E-state index contributed by atoms with van der Waals surface area (Å²) < 4.78 is 0. The number of nitrogens with one attached hydrogen (secondary N) is 1. The highest BCUT2D eigenvalue weighted by atomic mass is 16.7. The maximum absolute atomic E-state index is 10.8. The van der Waals surface area contributed by atoms with Gasteiger partial charge in [0.05, 0.1) is 0 Å². The lowest BCUT2D eigenvalue weighted by molar-refractivity contribution is -0.193. The predicted octanol–water partition coefficient (Wildman–Crippen LogP) is 0.477. The van der Waals surface area contributed by atoms with Crippen LogP contribution in [-0.2, 0) is 24.0 Å². The summed E-state index contributed by atoms with van der Waals surface area (Å²) in [4.78, 5) is 47.0. The molecule has 1 fully saturated rings. The summed E-state index contributed by atoms with van der Waals surface area (Å²) in [6, 6.07) is 0.209. The molecular formula is C13H18N2O5. The standard InChI is InChI=1S/C7H7NO4.C6H11NO/c1-2-7(11)12-8-5(9)3-4-6(8)10;1-4-6(8)7-5(2)3/h2H,1,3-4H2;4-5H,1H2,2-3H3,(H,7,8). The van der Waals surface area contributed by atoms with Crippen LogP contribution >= 0.6 is 0 Å². The molecule has 0 atom stereocenters. The quantitative estimate of drug-likeness (QED) is 0.598. The van der Waals surface area contributed by atoms with Crippen LogP contribution in [0.1, 0.15) is 26.7 Å². The molecule has 0 bridgehead atoms. The lowest BCUT2D eigenvalue weighted by Gasteiger charge is -2.09. The molecule has 1 heterocycles. The summed E-state index contributed by atoms with van der Waals surface area (Å²) in [5, 5.41) is 3.11. The number of nitrogens with zero attached hydrogens (tertiary/aromatic N) is 1. The molecule has 3 amide bonds. The van der Waals surface area contributed by atoms with Gasteiger partial charge in [-0.2, -0.15) is 0 Å². The SMILES string of the molecule is C=CC(=O)NC(C)C.C=CC(=O)ON1C(=O)CCC1=O. The minimum atomic E-state index is -0.807. The third kappa shape index (κ3) is 6.48. The van der Waals surface area contributed by atoms with Crippen molar-refractivity contribution in [2.24, 2.45) is 0 Å². The molecule has 0 unspecified atom stereocenters. The van der Waals surface area contributed by atoms with E-state index in [1.54, 1.807) is 0 Å². The molecule has 7 nitrogen and oxygen atoms in total. The Morgan fingerprint density at radius 3 is 2.00 bits per heavy atom. The maximum Gasteiger partial charge on any atom is 0.356 e. The van der Waals surface area contributed by atoms with Crippen molar-refractivity contribution in [3.8, 4) is 0 Å². The molecule has 1 saturated heterocycles. The van der Waals surface area contributed by atoms with E-state index < -0.39 is 17.8 Å².